The van der Waals surface area contributed by atoms with Crippen LogP contribution in [-0.2, 0) is 75.8 Å². The first-order valence-corrected chi connectivity index (χ1v) is 23.7. The normalized spacial score (nSPS) is 19.5. The molecule has 0 bridgehead atoms. The van der Waals surface area contributed by atoms with E-state index in [-0.39, 0.29) is 21.7 Å². The molecule has 0 atom stereocenters. The third-order valence-electron chi connectivity index (χ3n) is 11.7. The fraction of sp³-hybridized carbons (Fsp3) is 1.00. The minimum absolute atomic E-state index is 0.0308. The first-order chi connectivity index (χ1) is 30.6. The van der Waals surface area contributed by atoms with E-state index in [0.29, 0.717) is 159 Å². The molecule has 0 aromatic carbocycles. The molecule has 0 unspecified atom stereocenters. The van der Waals surface area contributed by atoms with Crippen molar-refractivity contribution in [3.63, 3.8) is 0 Å². The number of hydrogen-bond acceptors (Lipinski definition) is 16. The van der Waals surface area contributed by atoms with Gasteiger partial charge in [-0.05, 0) is 57.8 Å². The van der Waals surface area contributed by atoms with Crippen LogP contribution in [0.4, 0.5) is 0 Å². The summed E-state index contributed by atoms with van der Waals surface area (Å²) >= 11 is 0. The Kier molecular flexibility index (Phi) is 29.4. The van der Waals surface area contributed by atoms with Crippen LogP contribution in [0.15, 0.2) is 0 Å². The molecule has 16 heteroatoms. The van der Waals surface area contributed by atoms with Crippen LogP contribution in [-0.4, -0.2) is 212 Å². The zero-order chi connectivity index (χ0) is 43.6. The van der Waals surface area contributed by atoms with E-state index in [1.165, 1.54) is 0 Å². The maximum absolute atomic E-state index is 6.01. The van der Waals surface area contributed by atoms with Crippen LogP contribution in [0.3, 0.4) is 0 Å². The molecule has 366 valence electrons. The average Bonchev–Trinajstić information content (AvgIpc) is 3.22. The van der Waals surface area contributed by atoms with Gasteiger partial charge in [-0.1, -0.05) is 6.92 Å². The maximum atomic E-state index is 6.01. The van der Waals surface area contributed by atoms with Crippen LogP contribution in [0.1, 0.15) is 64.7 Å². The number of unbranched alkanes of at least 4 members (excludes halogenated alkanes) is 4. The Morgan fingerprint density at radius 2 is 0.484 bits per heavy atom. The molecular weight excluding hydrogens is 808 g/mol. The van der Waals surface area contributed by atoms with Crippen LogP contribution in [0.25, 0.3) is 0 Å². The molecule has 0 radical (unpaired) electrons. The molecule has 62 heavy (non-hydrogen) atoms. The standard InChI is InChI=1S/C46H86O16/c1-3-43(29-59-30-43)28-52-16-8-5-13-49-22-25-56-35-45(39-61-40-45)32-54-18-10-7-15-51-24-27-58-36-46(41-62-42-46)33-55-19-11-6-14-50-23-26-57-34-44(37-60-38-44)31-53-17-9-4-12-48-21-20-47-2/h3-42H2,1-2H3. The van der Waals surface area contributed by atoms with E-state index in [4.69, 9.17) is 75.8 Å². The molecule has 4 rings (SSSR count). The van der Waals surface area contributed by atoms with E-state index in [1.807, 2.05) is 0 Å². The van der Waals surface area contributed by atoms with Gasteiger partial charge in [-0.2, -0.15) is 0 Å². The van der Waals surface area contributed by atoms with Gasteiger partial charge in [0, 0.05) is 65.4 Å². The minimum Gasteiger partial charge on any atom is -0.382 e. The van der Waals surface area contributed by atoms with Crippen molar-refractivity contribution in [1.82, 2.24) is 0 Å². The molecule has 16 nitrogen and oxygen atoms in total. The van der Waals surface area contributed by atoms with Gasteiger partial charge >= 0.3 is 0 Å². The highest BCUT2D eigenvalue weighted by atomic mass is 16.6. The summed E-state index contributed by atoms with van der Waals surface area (Å²) in [5.41, 5.74) is 0.132. The first kappa shape index (κ1) is 54.0. The summed E-state index contributed by atoms with van der Waals surface area (Å²) in [6.07, 6.45) is 8.87. The zero-order valence-electron chi connectivity index (χ0n) is 38.8. The van der Waals surface area contributed by atoms with Crippen molar-refractivity contribution in [1.29, 1.82) is 0 Å². The second kappa shape index (κ2) is 33.8. The Morgan fingerprint density at radius 3 is 0.710 bits per heavy atom. The summed E-state index contributed by atoms with van der Waals surface area (Å²) in [4.78, 5) is 0. The van der Waals surface area contributed by atoms with Gasteiger partial charge in [0.25, 0.3) is 0 Å². The second-order valence-electron chi connectivity index (χ2n) is 18.0. The Balaban J connectivity index is 0.842. The Morgan fingerprint density at radius 1 is 0.274 bits per heavy atom. The second-order valence-corrected chi connectivity index (χ2v) is 18.0. The highest BCUT2D eigenvalue weighted by Crippen LogP contribution is 2.32. The van der Waals surface area contributed by atoms with Crippen molar-refractivity contribution in [3.8, 4) is 0 Å². The molecule has 0 spiro atoms. The third-order valence-corrected chi connectivity index (χ3v) is 11.7. The van der Waals surface area contributed by atoms with E-state index < -0.39 is 0 Å². The predicted molar refractivity (Wildman–Crippen MR) is 231 cm³/mol. The Bertz CT molecular complexity index is 1030. The molecule has 0 saturated carbocycles. The molecule has 4 aliphatic rings. The van der Waals surface area contributed by atoms with Crippen molar-refractivity contribution in [2.24, 2.45) is 21.7 Å². The predicted octanol–water partition coefficient (Wildman–Crippen LogP) is 4.41. The monoisotopic (exact) mass is 895 g/mol. The van der Waals surface area contributed by atoms with Crippen molar-refractivity contribution in [3.05, 3.63) is 0 Å². The Labute approximate surface area is 373 Å². The van der Waals surface area contributed by atoms with Gasteiger partial charge in [-0.25, -0.2) is 0 Å². The van der Waals surface area contributed by atoms with Gasteiger partial charge < -0.3 is 75.8 Å². The van der Waals surface area contributed by atoms with Crippen molar-refractivity contribution in [2.45, 2.75) is 64.7 Å². The van der Waals surface area contributed by atoms with Crippen LogP contribution in [0.5, 0.6) is 0 Å². The lowest BCUT2D eigenvalue weighted by Gasteiger charge is -2.40. The van der Waals surface area contributed by atoms with Crippen LogP contribution >= 0.6 is 0 Å². The topological polar surface area (TPSA) is 148 Å². The van der Waals surface area contributed by atoms with E-state index >= 15 is 0 Å². The van der Waals surface area contributed by atoms with E-state index in [1.54, 1.807) is 7.11 Å². The van der Waals surface area contributed by atoms with Crippen LogP contribution < -0.4 is 0 Å². The van der Waals surface area contributed by atoms with Crippen LogP contribution in [0, 0.1) is 21.7 Å². The molecule has 0 N–H and O–H groups in total. The first-order valence-electron chi connectivity index (χ1n) is 23.7. The molecule has 0 aromatic heterocycles. The summed E-state index contributed by atoms with van der Waals surface area (Å²) in [6.45, 7) is 23.1. The third kappa shape index (κ3) is 22.7. The molecular formula is C46H86O16. The summed E-state index contributed by atoms with van der Waals surface area (Å²) in [7, 11) is 1.68. The highest BCUT2D eigenvalue weighted by Gasteiger charge is 2.41. The number of methoxy groups -OCH3 is 1. The Hall–Kier alpha value is -0.640. The molecule has 0 aromatic rings. The summed E-state index contributed by atoms with van der Waals surface area (Å²) in [6, 6.07) is 0. The van der Waals surface area contributed by atoms with Crippen molar-refractivity contribution >= 4 is 0 Å². The fourth-order valence-electron chi connectivity index (χ4n) is 7.14. The molecule has 0 amide bonds. The fourth-order valence-corrected chi connectivity index (χ4v) is 7.14. The van der Waals surface area contributed by atoms with E-state index in [0.717, 1.165) is 104 Å². The van der Waals surface area contributed by atoms with Gasteiger partial charge in [0.2, 0.25) is 0 Å². The average molecular weight is 895 g/mol. The van der Waals surface area contributed by atoms with Gasteiger partial charge in [-0.15, -0.1) is 0 Å². The molecule has 4 saturated heterocycles. The zero-order valence-corrected chi connectivity index (χ0v) is 38.8. The maximum Gasteiger partial charge on any atom is 0.0700 e. The lowest BCUT2D eigenvalue weighted by atomic mass is 9.84. The number of ether oxygens (including phenoxy) is 16. The van der Waals surface area contributed by atoms with Gasteiger partial charge in [-0.3, -0.25) is 0 Å². The molecule has 4 aliphatic heterocycles. The summed E-state index contributed by atoms with van der Waals surface area (Å²) in [5, 5.41) is 0. The lowest BCUT2D eigenvalue weighted by Crippen LogP contribution is -2.50. The summed E-state index contributed by atoms with van der Waals surface area (Å²) in [5.74, 6) is 0. The number of hydrogen-bond donors (Lipinski definition) is 0. The SMILES string of the molecule is CCC1(COCCCCOCCOCC2(COCCCCOCCOCC3(COCCCCOCCOCC4(COCCCCOCCOC)COC4)COC3)COC2)COC1. The minimum atomic E-state index is -0.0561. The molecule has 0 aliphatic carbocycles. The van der Waals surface area contributed by atoms with Crippen molar-refractivity contribution < 1.29 is 75.8 Å². The largest absolute Gasteiger partial charge is 0.382 e. The summed E-state index contributed by atoms with van der Waals surface area (Å²) < 4.78 is 91.2. The van der Waals surface area contributed by atoms with Gasteiger partial charge in [0.05, 0.1) is 168 Å². The van der Waals surface area contributed by atoms with Crippen LogP contribution in [0.2, 0.25) is 0 Å². The quantitative estimate of drug-likeness (QED) is 0.0794. The highest BCUT2D eigenvalue weighted by molar-refractivity contribution is 4.87. The van der Waals surface area contributed by atoms with E-state index in [9.17, 15) is 0 Å². The van der Waals surface area contributed by atoms with Crippen molar-refractivity contribution in [2.75, 3.05) is 212 Å². The van der Waals surface area contributed by atoms with E-state index in [2.05, 4.69) is 6.92 Å². The van der Waals surface area contributed by atoms with Gasteiger partial charge in [0.1, 0.15) is 0 Å². The molecule has 4 heterocycles. The molecule has 4 fully saturated rings. The number of rotatable bonds is 47. The lowest BCUT2D eigenvalue weighted by molar-refractivity contribution is -0.180. The van der Waals surface area contributed by atoms with Gasteiger partial charge in [0.15, 0.2) is 0 Å². The smallest absolute Gasteiger partial charge is 0.0700 e.